The minimum absolute atomic E-state index is 0.0163. The second-order valence-electron chi connectivity index (χ2n) is 10.6. The highest BCUT2D eigenvalue weighted by Gasteiger charge is 2.68. The molecule has 0 unspecified atom stereocenters. The van der Waals surface area contributed by atoms with Crippen molar-refractivity contribution in [2.75, 3.05) is 0 Å². The Morgan fingerprint density at radius 3 is 2.39 bits per heavy atom. The van der Waals surface area contributed by atoms with Crippen LogP contribution >= 0.6 is 0 Å². The van der Waals surface area contributed by atoms with Crippen molar-refractivity contribution in [3.8, 4) is 0 Å². The van der Waals surface area contributed by atoms with Gasteiger partial charge in [0, 0.05) is 12.3 Å². The minimum Gasteiger partial charge on any atom is -0.451 e. The van der Waals surface area contributed by atoms with Gasteiger partial charge >= 0.3 is 5.97 Å². The largest absolute Gasteiger partial charge is 0.451 e. The van der Waals surface area contributed by atoms with Crippen molar-refractivity contribution in [2.24, 2.45) is 34.5 Å². The van der Waals surface area contributed by atoms with Crippen molar-refractivity contribution in [2.45, 2.75) is 91.3 Å². The van der Waals surface area contributed by atoms with Gasteiger partial charge in [-0.3, -0.25) is 9.59 Å². The molecule has 0 bridgehead atoms. The summed E-state index contributed by atoms with van der Waals surface area (Å²) < 4.78 is 5.85. The SMILES string of the molecule is CC(=O)O[C@]1(C(C)=O)CC[C@H]2[C@@H]3C[C@H](C)C4=C[C@H](O)CC[C@]4(C)[C@H]3CC[C@@]21C. The van der Waals surface area contributed by atoms with Gasteiger partial charge in [0.25, 0.3) is 0 Å². The molecule has 4 aliphatic carbocycles. The number of carbonyl (C=O) groups excluding carboxylic acids is 2. The quantitative estimate of drug-likeness (QED) is 0.561. The summed E-state index contributed by atoms with van der Waals surface area (Å²) in [7, 11) is 0. The molecule has 3 saturated carbocycles. The van der Waals surface area contributed by atoms with Gasteiger partial charge in [-0.15, -0.1) is 0 Å². The monoisotopic (exact) mass is 388 g/mol. The van der Waals surface area contributed by atoms with Crippen LogP contribution in [0.2, 0.25) is 0 Å². The van der Waals surface area contributed by atoms with Crippen LogP contribution in [0.1, 0.15) is 79.6 Å². The highest BCUT2D eigenvalue weighted by atomic mass is 16.6. The van der Waals surface area contributed by atoms with Crippen molar-refractivity contribution in [1.82, 2.24) is 0 Å². The maximum atomic E-state index is 12.8. The average molecular weight is 389 g/mol. The third kappa shape index (κ3) is 2.52. The van der Waals surface area contributed by atoms with E-state index in [1.54, 1.807) is 6.92 Å². The Morgan fingerprint density at radius 1 is 1.07 bits per heavy atom. The molecule has 0 aliphatic heterocycles. The van der Waals surface area contributed by atoms with E-state index >= 15 is 0 Å². The number of fused-ring (bicyclic) bond motifs is 5. The van der Waals surface area contributed by atoms with Gasteiger partial charge < -0.3 is 9.84 Å². The molecule has 0 radical (unpaired) electrons. The summed E-state index contributed by atoms with van der Waals surface area (Å²) >= 11 is 0. The van der Waals surface area contributed by atoms with Crippen LogP contribution in [0.3, 0.4) is 0 Å². The number of rotatable bonds is 2. The third-order valence-electron chi connectivity index (χ3n) is 9.41. The van der Waals surface area contributed by atoms with Gasteiger partial charge in [0.05, 0.1) is 6.10 Å². The molecule has 0 heterocycles. The first-order valence-electron chi connectivity index (χ1n) is 11.2. The lowest BCUT2D eigenvalue weighted by Gasteiger charge is -2.60. The fourth-order valence-corrected chi connectivity index (χ4v) is 8.20. The van der Waals surface area contributed by atoms with Crippen molar-refractivity contribution < 1.29 is 19.4 Å². The van der Waals surface area contributed by atoms with Gasteiger partial charge in [0.15, 0.2) is 11.4 Å². The number of hydrogen-bond acceptors (Lipinski definition) is 4. The summed E-state index contributed by atoms with van der Waals surface area (Å²) in [4.78, 5) is 24.7. The number of carbonyl (C=O) groups is 2. The average Bonchev–Trinajstić information content (AvgIpc) is 2.90. The van der Waals surface area contributed by atoms with Crippen molar-refractivity contribution in [1.29, 1.82) is 0 Å². The van der Waals surface area contributed by atoms with E-state index in [1.807, 2.05) is 0 Å². The van der Waals surface area contributed by atoms with Crippen LogP contribution in [-0.2, 0) is 14.3 Å². The van der Waals surface area contributed by atoms with Crippen LogP contribution in [0.5, 0.6) is 0 Å². The summed E-state index contributed by atoms with van der Waals surface area (Å²) in [5, 5.41) is 10.2. The Bertz CT molecular complexity index is 726. The molecule has 3 fully saturated rings. The van der Waals surface area contributed by atoms with E-state index in [-0.39, 0.29) is 28.7 Å². The fourth-order valence-electron chi connectivity index (χ4n) is 8.20. The lowest BCUT2D eigenvalue weighted by molar-refractivity contribution is -0.187. The van der Waals surface area contributed by atoms with E-state index in [1.165, 1.54) is 12.5 Å². The maximum absolute atomic E-state index is 12.8. The van der Waals surface area contributed by atoms with Gasteiger partial charge in [0.1, 0.15) is 0 Å². The van der Waals surface area contributed by atoms with E-state index in [4.69, 9.17) is 4.74 Å². The zero-order valence-corrected chi connectivity index (χ0v) is 18.1. The number of aliphatic hydroxyl groups excluding tert-OH is 1. The number of esters is 1. The second-order valence-corrected chi connectivity index (χ2v) is 10.6. The lowest BCUT2D eigenvalue weighted by Crippen LogP contribution is -2.59. The molecule has 156 valence electrons. The van der Waals surface area contributed by atoms with E-state index in [0.29, 0.717) is 30.1 Å². The van der Waals surface area contributed by atoms with Crippen LogP contribution in [0.25, 0.3) is 0 Å². The third-order valence-corrected chi connectivity index (χ3v) is 9.41. The molecule has 4 rings (SSSR count). The van der Waals surface area contributed by atoms with Crippen LogP contribution in [-0.4, -0.2) is 28.6 Å². The van der Waals surface area contributed by atoms with Gasteiger partial charge in [0.2, 0.25) is 0 Å². The smallest absolute Gasteiger partial charge is 0.303 e. The van der Waals surface area contributed by atoms with Gasteiger partial charge in [-0.2, -0.15) is 0 Å². The summed E-state index contributed by atoms with van der Waals surface area (Å²) in [6.45, 7) is 9.98. The number of ether oxygens (including phenoxy) is 1. The summed E-state index contributed by atoms with van der Waals surface area (Å²) in [6, 6.07) is 0. The van der Waals surface area contributed by atoms with Crippen molar-refractivity contribution >= 4 is 11.8 Å². The second kappa shape index (κ2) is 6.42. The number of ketones is 1. The molecule has 0 aromatic heterocycles. The molecular weight excluding hydrogens is 352 g/mol. The van der Waals surface area contributed by atoms with Crippen molar-refractivity contribution in [3.63, 3.8) is 0 Å². The van der Waals surface area contributed by atoms with E-state index in [0.717, 1.165) is 38.5 Å². The summed E-state index contributed by atoms with van der Waals surface area (Å²) in [5.41, 5.74) is 0.410. The summed E-state index contributed by atoms with van der Waals surface area (Å²) in [6.07, 6.45) is 8.51. The Labute approximate surface area is 169 Å². The van der Waals surface area contributed by atoms with Crippen LogP contribution in [0.15, 0.2) is 11.6 Å². The molecule has 0 aromatic rings. The molecule has 0 amide bonds. The Kier molecular flexibility index (Phi) is 4.61. The lowest BCUT2D eigenvalue weighted by atomic mass is 9.44. The first kappa shape index (κ1) is 20.1. The standard InChI is InChI=1S/C24H36O4/c1-14-12-18-19(22(4)9-6-17(27)13-21(14)22)7-10-23(5)20(18)8-11-24(23,15(2)25)28-16(3)26/h13-14,17-20,27H,6-12H2,1-5H3/t14-,17+,18+,19-,20-,22+,23-,24-/m0/s1. The molecule has 0 spiro atoms. The fraction of sp³-hybridized carbons (Fsp3) is 0.833. The number of Topliss-reactive ketones (excluding diaryl/α,β-unsaturated/α-hetero) is 1. The molecule has 4 heteroatoms. The molecular formula is C24H36O4. The zero-order valence-electron chi connectivity index (χ0n) is 18.1. The summed E-state index contributed by atoms with van der Waals surface area (Å²) in [5.74, 6) is 1.72. The molecule has 0 aromatic carbocycles. The zero-order chi connectivity index (χ0) is 20.5. The van der Waals surface area contributed by atoms with Gasteiger partial charge in [-0.1, -0.05) is 32.4 Å². The van der Waals surface area contributed by atoms with Crippen LogP contribution in [0, 0.1) is 34.5 Å². The highest BCUT2D eigenvalue weighted by molar-refractivity contribution is 5.89. The Balaban J connectivity index is 1.73. The topological polar surface area (TPSA) is 63.6 Å². The van der Waals surface area contributed by atoms with E-state index in [2.05, 4.69) is 26.8 Å². The molecule has 28 heavy (non-hydrogen) atoms. The van der Waals surface area contributed by atoms with Crippen molar-refractivity contribution in [3.05, 3.63) is 11.6 Å². The maximum Gasteiger partial charge on any atom is 0.303 e. The van der Waals surface area contributed by atoms with Crippen LogP contribution < -0.4 is 0 Å². The Morgan fingerprint density at radius 2 is 1.75 bits per heavy atom. The van der Waals surface area contributed by atoms with Crippen LogP contribution in [0.4, 0.5) is 0 Å². The van der Waals surface area contributed by atoms with Gasteiger partial charge in [-0.05, 0) is 81.0 Å². The molecule has 1 N–H and O–H groups in total. The number of allylic oxidation sites excluding steroid dienone is 1. The first-order valence-corrected chi connectivity index (χ1v) is 11.2. The molecule has 4 nitrogen and oxygen atoms in total. The molecule has 8 atom stereocenters. The number of hydrogen-bond donors (Lipinski definition) is 1. The highest BCUT2D eigenvalue weighted by Crippen LogP contribution is 2.69. The van der Waals surface area contributed by atoms with Gasteiger partial charge in [-0.25, -0.2) is 0 Å². The predicted molar refractivity (Wildman–Crippen MR) is 107 cm³/mol. The minimum atomic E-state index is -0.947. The van der Waals surface area contributed by atoms with E-state index in [9.17, 15) is 14.7 Å². The normalized spacial score (nSPS) is 50.1. The molecule has 4 aliphatic rings. The number of aliphatic hydroxyl groups is 1. The van der Waals surface area contributed by atoms with E-state index < -0.39 is 5.60 Å². The first-order chi connectivity index (χ1) is 13.0. The Hall–Kier alpha value is -1.16. The predicted octanol–water partition coefficient (Wildman–Crippen LogP) is 4.45. The molecule has 0 saturated heterocycles.